The zero-order valence-corrected chi connectivity index (χ0v) is 14.4. The lowest BCUT2D eigenvalue weighted by Gasteiger charge is -2.11. The number of nitrogens with one attached hydrogen (secondary N) is 1. The molecule has 1 rings (SSSR count). The van der Waals surface area contributed by atoms with Crippen LogP contribution < -0.4 is 14.8 Å². The van der Waals surface area contributed by atoms with Crippen molar-refractivity contribution in [3.05, 3.63) is 22.2 Å². The van der Waals surface area contributed by atoms with Gasteiger partial charge in [-0.25, -0.2) is 9.59 Å². The lowest BCUT2D eigenvalue weighted by molar-refractivity contribution is -0.123. The smallest absolute Gasteiger partial charge is 0.413 e. The minimum atomic E-state index is -0.902. The van der Waals surface area contributed by atoms with Gasteiger partial charge in [0.05, 0.1) is 26.4 Å². The van der Waals surface area contributed by atoms with Crippen LogP contribution in [0.25, 0.3) is 0 Å². The second-order valence-corrected chi connectivity index (χ2v) is 4.83. The Balaban J connectivity index is 2.71. The molecule has 0 atom stereocenters. The molecule has 0 aromatic heterocycles. The van der Waals surface area contributed by atoms with Crippen molar-refractivity contribution in [3.8, 4) is 11.5 Å². The average molecular weight is 390 g/mol. The number of hydrogen-bond donors (Lipinski definition) is 1. The number of alkyl carbamates (subject to hydrolysis) is 1. The summed E-state index contributed by atoms with van der Waals surface area (Å²) >= 11 is 3.27. The summed E-state index contributed by atoms with van der Waals surface area (Å²) in [6.07, 6.45) is -0.902. The number of ether oxygens (including phenoxy) is 4. The number of esters is 1. The summed E-state index contributed by atoms with van der Waals surface area (Å²) in [4.78, 5) is 34.4. The van der Waals surface area contributed by atoms with Crippen LogP contribution in [0, 0.1) is 0 Å². The normalized spacial score (nSPS) is 9.74. The van der Waals surface area contributed by atoms with Gasteiger partial charge in [-0.2, -0.15) is 0 Å². The minimum Gasteiger partial charge on any atom is -0.495 e. The maximum absolute atomic E-state index is 12.0. The first-order chi connectivity index (χ1) is 10.9. The third kappa shape index (κ3) is 5.44. The van der Waals surface area contributed by atoms with Crippen molar-refractivity contribution in [1.29, 1.82) is 0 Å². The van der Waals surface area contributed by atoms with E-state index in [1.807, 2.05) is 5.32 Å². The van der Waals surface area contributed by atoms with Gasteiger partial charge < -0.3 is 18.9 Å². The van der Waals surface area contributed by atoms with E-state index in [1.165, 1.54) is 26.4 Å². The first-order valence-electron chi connectivity index (χ1n) is 6.48. The highest BCUT2D eigenvalue weighted by Gasteiger charge is 2.17. The van der Waals surface area contributed by atoms with Crippen molar-refractivity contribution in [2.24, 2.45) is 0 Å². The molecule has 0 fully saturated rings. The molecule has 0 aliphatic heterocycles. The molecule has 2 amide bonds. The Labute approximate surface area is 141 Å². The topological polar surface area (TPSA) is 100 Å². The quantitative estimate of drug-likeness (QED) is 0.741. The highest BCUT2D eigenvalue weighted by Crippen LogP contribution is 2.35. The van der Waals surface area contributed by atoms with Gasteiger partial charge in [0, 0.05) is 0 Å². The van der Waals surface area contributed by atoms with Gasteiger partial charge in [0.25, 0.3) is 5.91 Å². The van der Waals surface area contributed by atoms with Gasteiger partial charge >= 0.3 is 12.1 Å². The Morgan fingerprint density at radius 3 is 2.13 bits per heavy atom. The lowest BCUT2D eigenvalue weighted by atomic mass is 10.2. The monoisotopic (exact) mass is 389 g/mol. The highest BCUT2D eigenvalue weighted by atomic mass is 79.9. The molecule has 0 radical (unpaired) electrons. The van der Waals surface area contributed by atoms with Crippen molar-refractivity contribution < 1.29 is 33.3 Å². The van der Waals surface area contributed by atoms with Crippen LogP contribution in [0.4, 0.5) is 4.79 Å². The van der Waals surface area contributed by atoms with E-state index < -0.39 is 24.6 Å². The molecule has 0 aliphatic rings. The Hall–Kier alpha value is -2.29. The van der Waals surface area contributed by atoms with E-state index in [9.17, 15) is 14.4 Å². The molecular weight excluding hydrogens is 374 g/mol. The number of carbonyl (C=O) groups is 3. The minimum absolute atomic E-state index is 0.122. The van der Waals surface area contributed by atoms with Gasteiger partial charge in [0.15, 0.2) is 6.61 Å². The Morgan fingerprint density at radius 1 is 1.09 bits per heavy atom. The molecule has 0 saturated heterocycles. The standard InChI is InChI=1S/C14H16BrNO7/c1-4-22-14(19)16-11(17)7-23-13(18)8-5-9(20-2)12(15)10(6-8)21-3/h5-6H,4,7H2,1-3H3,(H,16,17,19). The predicted octanol–water partition coefficient (Wildman–Crippen LogP) is 1.90. The molecule has 9 heteroatoms. The fourth-order valence-corrected chi connectivity index (χ4v) is 2.07. The van der Waals surface area contributed by atoms with Gasteiger partial charge in [-0.1, -0.05) is 0 Å². The molecule has 0 heterocycles. The summed E-state index contributed by atoms with van der Waals surface area (Å²) < 4.78 is 20.1. The Bertz CT molecular complexity index is 578. The first kappa shape index (κ1) is 18.8. The third-order valence-corrected chi connectivity index (χ3v) is 3.31. The summed E-state index contributed by atoms with van der Waals surface area (Å²) in [5.74, 6) is -0.833. The number of rotatable bonds is 6. The van der Waals surface area contributed by atoms with Gasteiger partial charge in [-0.05, 0) is 35.0 Å². The van der Waals surface area contributed by atoms with E-state index >= 15 is 0 Å². The van der Waals surface area contributed by atoms with Crippen molar-refractivity contribution in [2.45, 2.75) is 6.92 Å². The van der Waals surface area contributed by atoms with E-state index in [2.05, 4.69) is 20.7 Å². The summed E-state index contributed by atoms with van der Waals surface area (Å²) in [6.45, 7) is 1.09. The zero-order valence-electron chi connectivity index (χ0n) is 12.8. The molecular formula is C14H16BrNO7. The number of methoxy groups -OCH3 is 2. The van der Waals surface area contributed by atoms with Crippen molar-refractivity contribution in [2.75, 3.05) is 27.4 Å². The lowest BCUT2D eigenvalue weighted by Crippen LogP contribution is -2.34. The number of carbonyl (C=O) groups excluding carboxylic acids is 3. The van der Waals surface area contributed by atoms with Crippen LogP contribution in [0.2, 0.25) is 0 Å². The number of benzene rings is 1. The number of hydrogen-bond acceptors (Lipinski definition) is 7. The van der Waals surface area contributed by atoms with Gasteiger partial charge in [-0.3, -0.25) is 10.1 Å². The number of halogens is 1. The third-order valence-electron chi connectivity index (χ3n) is 2.53. The summed E-state index contributed by atoms with van der Waals surface area (Å²) in [5.41, 5.74) is 0.130. The van der Waals surface area contributed by atoms with Gasteiger partial charge in [0.2, 0.25) is 0 Å². The molecule has 0 spiro atoms. The summed E-state index contributed by atoms with van der Waals surface area (Å²) in [6, 6.07) is 2.86. The van der Waals surface area contributed by atoms with E-state index in [-0.39, 0.29) is 12.2 Å². The molecule has 0 saturated carbocycles. The molecule has 1 N–H and O–H groups in total. The molecule has 1 aromatic rings. The molecule has 126 valence electrons. The second kappa shape index (κ2) is 8.99. The van der Waals surface area contributed by atoms with Crippen molar-refractivity contribution in [3.63, 3.8) is 0 Å². The van der Waals surface area contributed by atoms with Crippen LogP contribution in [0.1, 0.15) is 17.3 Å². The van der Waals surface area contributed by atoms with Crippen LogP contribution in [0.3, 0.4) is 0 Å². The molecule has 8 nitrogen and oxygen atoms in total. The first-order valence-corrected chi connectivity index (χ1v) is 7.27. The van der Waals surface area contributed by atoms with Gasteiger partial charge in [0.1, 0.15) is 16.0 Å². The van der Waals surface area contributed by atoms with Crippen LogP contribution >= 0.6 is 15.9 Å². The highest BCUT2D eigenvalue weighted by molar-refractivity contribution is 9.10. The summed E-state index contributed by atoms with van der Waals surface area (Å²) in [5, 5.41) is 1.91. The maximum Gasteiger partial charge on any atom is 0.413 e. The van der Waals surface area contributed by atoms with E-state index in [1.54, 1.807) is 6.92 Å². The summed E-state index contributed by atoms with van der Waals surface area (Å²) in [7, 11) is 2.86. The molecule has 0 aliphatic carbocycles. The zero-order chi connectivity index (χ0) is 17.4. The fourth-order valence-electron chi connectivity index (χ4n) is 1.52. The molecule has 0 bridgehead atoms. The van der Waals surface area contributed by atoms with Gasteiger partial charge in [-0.15, -0.1) is 0 Å². The number of amides is 2. The van der Waals surface area contributed by atoms with Crippen molar-refractivity contribution in [1.82, 2.24) is 5.32 Å². The number of imide groups is 1. The average Bonchev–Trinajstić information content (AvgIpc) is 2.52. The fraction of sp³-hybridized carbons (Fsp3) is 0.357. The van der Waals surface area contributed by atoms with E-state index in [0.717, 1.165) is 0 Å². The molecule has 0 unspecified atom stereocenters. The van der Waals surface area contributed by atoms with Crippen molar-refractivity contribution >= 4 is 33.9 Å². The van der Waals surface area contributed by atoms with E-state index in [0.29, 0.717) is 16.0 Å². The van der Waals surface area contributed by atoms with Crippen LogP contribution in [0.5, 0.6) is 11.5 Å². The molecule has 23 heavy (non-hydrogen) atoms. The predicted molar refractivity (Wildman–Crippen MR) is 82.7 cm³/mol. The maximum atomic E-state index is 12.0. The Morgan fingerprint density at radius 2 is 1.65 bits per heavy atom. The Kier molecular flexibility index (Phi) is 7.33. The van der Waals surface area contributed by atoms with Crippen LogP contribution in [-0.4, -0.2) is 45.4 Å². The largest absolute Gasteiger partial charge is 0.495 e. The van der Waals surface area contributed by atoms with E-state index in [4.69, 9.17) is 14.2 Å². The second-order valence-electron chi connectivity index (χ2n) is 4.04. The SMILES string of the molecule is CCOC(=O)NC(=O)COC(=O)c1cc(OC)c(Br)c(OC)c1. The molecule has 1 aromatic carbocycles. The van der Waals surface area contributed by atoms with Crippen LogP contribution in [0.15, 0.2) is 16.6 Å². The van der Waals surface area contributed by atoms with Crippen LogP contribution in [-0.2, 0) is 14.3 Å².